The van der Waals surface area contributed by atoms with Gasteiger partial charge in [0.15, 0.2) is 0 Å². The number of nitrogens with zero attached hydrogens (tertiary/aromatic N) is 3. The van der Waals surface area contributed by atoms with Crippen LogP contribution in [-0.4, -0.2) is 48.4 Å². The molecule has 0 saturated carbocycles. The maximum absolute atomic E-state index is 13.3. The van der Waals surface area contributed by atoms with Crippen molar-refractivity contribution >= 4 is 22.4 Å². The van der Waals surface area contributed by atoms with E-state index < -0.39 is 11.7 Å². The molecule has 0 N–H and O–H groups in total. The van der Waals surface area contributed by atoms with Crippen LogP contribution in [0.4, 0.5) is 18.9 Å². The number of halogens is 3. The fourth-order valence-electron chi connectivity index (χ4n) is 4.96. The molecular weight excluding hydrogens is 391 g/mol. The lowest BCUT2D eigenvalue weighted by Gasteiger charge is -2.34. The Morgan fingerprint density at radius 2 is 1.90 bits per heavy atom. The number of ketones is 1. The highest BCUT2D eigenvalue weighted by Gasteiger charge is 2.34. The normalized spacial score (nSPS) is 21.5. The van der Waals surface area contributed by atoms with Crippen molar-refractivity contribution in [2.24, 2.45) is 5.92 Å². The molecular formula is C23H28F3N3O. The van der Waals surface area contributed by atoms with Gasteiger partial charge in [0.05, 0.1) is 11.1 Å². The Labute approximate surface area is 175 Å². The molecule has 0 aliphatic carbocycles. The predicted molar refractivity (Wildman–Crippen MR) is 112 cm³/mol. The van der Waals surface area contributed by atoms with Crippen LogP contribution in [0.5, 0.6) is 0 Å². The van der Waals surface area contributed by atoms with Gasteiger partial charge in [0.25, 0.3) is 0 Å². The lowest BCUT2D eigenvalue weighted by Crippen LogP contribution is -2.37. The molecule has 0 spiro atoms. The summed E-state index contributed by atoms with van der Waals surface area (Å²) in [6.45, 7) is 2.47. The zero-order chi connectivity index (χ0) is 21.3. The predicted octanol–water partition coefficient (Wildman–Crippen LogP) is 4.91. The maximum atomic E-state index is 13.3. The second kappa shape index (κ2) is 8.53. The molecule has 30 heavy (non-hydrogen) atoms. The van der Waals surface area contributed by atoms with E-state index in [4.69, 9.17) is 0 Å². The average molecular weight is 419 g/mol. The van der Waals surface area contributed by atoms with Gasteiger partial charge in [0.2, 0.25) is 0 Å². The van der Waals surface area contributed by atoms with Crippen molar-refractivity contribution in [1.82, 2.24) is 9.88 Å². The van der Waals surface area contributed by atoms with Crippen LogP contribution in [0.3, 0.4) is 0 Å². The molecule has 2 fully saturated rings. The van der Waals surface area contributed by atoms with Crippen molar-refractivity contribution in [2.45, 2.75) is 50.7 Å². The molecule has 1 aromatic heterocycles. The quantitative estimate of drug-likeness (QED) is 0.690. The highest BCUT2D eigenvalue weighted by molar-refractivity contribution is 5.94. The summed E-state index contributed by atoms with van der Waals surface area (Å²) < 4.78 is 40.0. The van der Waals surface area contributed by atoms with E-state index in [-0.39, 0.29) is 11.4 Å². The summed E-state index contributed by atoms with van der Waals surface area (Å²) in [5.41, 5.74) is 0.0507. The first kappa shape index (κ1) is 21.1. The standard InChI is InChI=1S/C23H28F3N3O/c1-28-13-3-4-17(28)6-9-21(30)16-10-14-29(15-11-16)20-8-7-19(23(24,25)26)22-18(20)5-2-12-27-22/h2,5,7-8,12,16-17H,3-4,6,9-11,13-15H2,1H3. The number of hydrogen-bond donors (Lipinski definition) is 0. The van der Waals surface area contributed by atoms with Crippen LogP contribution in [0.25, 0.3) is 10.9 Å². The Morgan fingerprint density at radius 3 is 2.57 bits per heavy atom. The van der Waals surface area contributed by atoms with Crippen molar-refractivity contribution in [3.63, 3.8) is 0 Å². The minimum absolute atomic E-state index is 0.0126. The second-order valence-corrected chi connectivity index (χ2v) is 8.57. The van der Waals surface area contributed by atoms with Crippen LogP contribution >= 0.6 is 0 Å². The fourth-order valence-corrected chi connectivity index (χ4v) is 4.96. The van der Waals surface area contributed by atoms with Crippen LogP contribution in [-0.2, 0) is 11.0 Å². The first-order valence-electron chi connectivity index (χ1n) is 10.8. The molecule has 4 rings (SSSR count). The van der Waals surface area contributed by atoms with E-state index in [1.165, 1.54) is 19.0 Å². The number of piperidine rings is 1. The number of hydrogen-bond acceptors (Lipinski definition) is 4. The molecule has 4 nitrogen and oxygen atoms in total. The monoisotopic (exact) mass is 419 g/mol. The number of aromatic nitrogens is 1. The lowest BCUT2D eigenvalue weighted by molar-refractivity contribution is -0.136. The van der Waals surface area contributed by atoms with E-state index in [9.17, 15) is 18.0 Å². The molecule has 2 aliphatic rings. The Bertz CT molecular complexity index is 906. The lowest BCUT2D eigenvalue weighted by atomic mass is 9.89. The number of carbonyl (C=O) groups excluding carboxylic acids is 1. The number of likely N-dealkylation sites (tertiary alicyclic amines) is 1. The van der Waals surface area contributed by atoms with Gasteiger partial charge in [-0.3, -0.25) is 9.78 Å². The highest BCUT2D eigenvalue weighted by Crippen LogP contribution is 2.38. The first-order valence-corrected chi connectivity index (χ1v) is 10.8. The molecule has 2 saturated heterocycles. The van der Waals surface area contributed by atoms with Gasteiger partial charge in [-0.1, -0.05) is 0 Å². The van der Waals surface area contributed by atoms with E-state index in [0.717, 1.165) is 37.6 Å². The Balaban J connectivity index is 1.42. The summed E-state index contributed by atoms with van der Waals surface area (Å²) in [5.74, 6) is 0.403. The number of pyridine rings is 1. The van der Waals surface area contributed by atoms with Crippen LogP contribution < -0.4 is 4.90 Å². The first-order chi connectivity index (χ1) is 14.3. The van der Waals surface area contributed by atoms with E-state index in [0.29, 0.717) is 36.7 Å². The Morgan fingerprint density at radius 1 is 1.13 bits per heavy atom. The van der Waals surface area contributed by atoms with Crippen molar-refractivity contribution in [3.8, 4) is 0 Å². The van der Waals surface area contributed by atoms with E-state index in [2.05, 4.69) is 21.8 Å². The molecule has 162 valence electrons. The third-order valence-corrected chi connectivity index (χ3v) is 6.74. The van der Waals surface area contributed by atoms with Crippen molar-refractivity contribution in [2.75, 3.05) is 31.6 Å². The molecule has 1 unspecified atom stereocenters. The van der Waals surface area contributed by atoms with Crippen LogP contribution in [0.15, 0.2) is 30.5 Å². The molecule has 0 radical (unpaired) electrons. The number of fused-ring (bicyclic) bond motifs is 1. The highest BCUT2D eigenvalue weighted by atomic mass is 19.4. The molecule has 7 heteroatoms. The number of benzene rings is 1. The second-order valence-electron chi connectivity index (χ2n) is 8.57. The Hall–Kier alpha value is -2.15. The third kappa shape index (κ3) is 4.31. The topological polar surface area (TPSA) is 36.4 Å². The molecule has 1 aromatic carbocycles. The van der Waals surface area contributed by atoms with Gasteiger partial charge in [-0.15, -0.1) is 0 Å². The number of Topliss-reactive ketones (excluding diaryl/α,β-unsaturated/α-hetero) is 1. The summed E-state index contributed by atoms with van der Waals surface area (Å²) in [7, 11) is 2.13. The Kier molecular flexibility index (Phi) is 6.00. The smallest absolute Gasteiger partial charge is 0.371 e. The van der Waals surface area contributed by atoms with Gasteiger partial charge < -0.3 is 9.80 Å². The number of carbonyl (C=O) groups is 1. The minimum atomic E-state index is -4.43. The van der Waals surface area contributed by atoms with E-state index in [1.54, 1.807) is 18.2 Å². The maximum Gasteiger partial charge on any atom is 0.418 e. The minimum Gasteiger partial charge on any atom is -0.371 e. The van der Waals surface area contributed by atoms with Crippen LogP contribution in [0.1, 0.15) is 44.1 Å². The van der Waals surface area contributed by atoms with Gasteiger partial charge >= 0.3 is 6.18 Å². The summed E-state index contributed by atoms with van der Waals surface area (Å²) in [6, 6.07) is 6.57. The van der Waals surface area contributed by atoms with Gasteiger partial charge in [-0.25, -0.2) is 0 Å². The summed E-state index contributed by atoms with van der Waals surface area (Å²) >= 11 is 0. The molecule has 1 atom stereocenters. The molecule has 0 amide bonds. The van der Waals surface area contributed by atoms with Crippen LogP contribution in [0.2, 0.25) is 0 Å². The molecule has 0 bridgehead atoms. The molecule has 3 heterocycles. The SMILES string of the molecule is CN1CCCC1CCC(=O)C1CCN(c2ccc(C(F)(F)F)c3ncccc23)CC1. The van der Waals surface area contributed by atoms with E-state index in [1.807, 2.05) is 0 Å². The van der Waals surface area contributed by atoms with Gasteiger partial charge in [-0.05, 0) is 70.0 Å². The zero-order valence-corrected chi connectivity index (χ0v) is 17.3. The fraction of sp³-hybridized carbons (Fsp3) is 0.565. The molecule has 2 aliphatic heterocycles. The summed E-state index contributed by atoms with van der Waals surface area (Å²) in [5, 5.41) is 0.515. The zero-order valence-electron chi connectivity index (χ0n) is 17.3. The van der Waals surface area contributed by atoms with Gasteiger partial charge in [0.1, 0.15) is 5.78 Å². The van der Waals surface area contributed by atoms with Crippen molar-refractivity contribution < 1.29 is 18.0 Å². The van der Waals surface area contributed by atoms with E-state index >= 15 is 0 Å². The number of alkyl halides is 3. The van der Waals surface area contributed by atoms with Crippen molar-refractivity contribution in [3.05, 3.63) is 36.0 Å². The summed E-state index contributed by atoms with van der Waals surface area (Å²) in [6.07, 6.45) is 2.43. The average Bonchev–Trinajstić information content (AvgIpc) is 3.15. The summed E-state index contributed by atoms with van der Waals surface area (Å²) in [4.78, 5) is 21.2. The van der Waals surface area contributed by atoms with Crippen molar-refractivity contribution in [1.29, 1.82) is 0 Å². The number of rotatable bonds is 5. The number of anilines is 1. The van der Waals surface area contributed by atoms with Gasteiger partial charge in [0, 0.05) is 48.7 Å². The van der Waals surface area contributed by atoms with Gasteiger partial charge in [-0.2, -0.15) is 13.2 Å². The van der Waals surface area contributed by atoms with Crippen LogP contribution in [0, 0.1) is 5.92 Å². The third-order valence-electron chi connectivity index (χ3n) is 6.74. The largest absolute Gasteiger partial charge is 0.418 e. The molecule has 2 aromatic rings.